The van der Waals surface area contributed by atoms with Crippen molar-refractivity contribution in [2.24, 2.45) is 0 Å². The maximum Gasteiger partial charge on any atom is 0.244 e. The van der Waals surface area contributed by atoms with Crippen LogP contribution < -0.4 is 9.62 Å². The highest BCUT2D eigenvalue weighted by Gasteiger charge is 2.33. The number of likely N-dealkylation sites (tertiary alicyclic amines) is 1. The predicted molar refractivity (Wildman–Crippen MR) is 125 cm³/mol. The van der Waals surface area contributed by atoms with Crippen LogP contribution in [0.2, 0.25) is 0 Å². The van der Waals surface area contributed by atoms with E-state index in [0.29, 0.717) is 0 Å². The Morgan fingerprint density at radius 2 is 1.69 bits per heavy atom. The molecule has 0 aliphatic carbocycles. The molecule has 1 N–H and O–H groups in total. The molecule has 0 saturated carbocycles. The summed E-state index contributed by atoms with van der Waals surface area (Å²) in [6, 6.07) is 12.5. The smallest absolute Gasteiger partial charge is 0.244 e. The van der Waals surface area contributed by atoms with Crippen LogP contribution in [0.4, 0.5) is 10.1 Å². The maximum atomic E-state index is 14.4. The molecule has 1 saturated heterocycles. The Hall–Kier alpha value is -2.45. The van der Waals surface area contributed by atoms with Gasteiger partial charge in [0.1, 0.15) is 11.9 Å². The fraction of sp³-hybridized carbons (Fsp3) is 0.458. The highest BCUT2D eigenvalue weighted by atomic mass is 32.2. The van der Waals surface area contributed by atoms with E-state index in [2.05, 4.69) is 16.3 Å². The molecule has 32 heavy (non-hydrogen) atoms. The van der Waals surface area contributed by atoms with E-state index >= 15 is 0 Å². The van der Waals surface area contributed by atoms with Crippen molar-refractivity contribution in [1.82, 2.24) is 10.2 Å². The van der Waals surface area contributed by atoms with Crippen LogP contribution in [0, 0.1) is 5.82 Å². The number of para-hydroxylation sites is 1. The lowest BCUT2D eigenvalue weighted by Gasteiger charge is -2.30. The fourth-order valence-corrected chi connectivity index (χ4v) is 5.42. The molecule has 0 unspecified atom stereocenters. The molecule has 1 heterocycles. The summed E-state index contributed by atoms with van der Waals surface area (Å²) in [5, 5.41) is 2.88. The van der Waals surface area contributed by atoms with Crippen molar-refractivity contribution in [3.63, 3.8) is 0 Å². The number of benzene rings is 2. The summed E-state index contributed by atoms with van der Waals surface area (Å²) in [7, 11) is -3.88. The molecule has 8 heteroatoms. The minimum atomic E-state index is -3.88. The summed E-state index contributed by atoms with van der Waals surface area (Å²) in [6.45, 7) is 4.98. The quantitative estimate of drug-likeness (QED) is 0.619. The summed E-state index contributed by atoms with van der Waals surface area (Å²) in [5.41, 5.74) is 2.03. The van der Waals surface area contributed by atoms with Gasteiger partial charge in [0.25, 0.3) is 0 Å². The molecule has 2 aromatic carbocycles. The van der Waals surface area contributed by atoms with Gasteiger partial charge in [-0.2, -0.15) is 0 Å². The Morgan fingerprint density at radius 3 is 2.31 bits per heavy atom. The van der Waals surface area contributed by atoms with E-state index in [1.807, 2.05) is 18.2 Å². The van der Waals surface area contributed by atoms with Crippen molar-refractivity contribution >= 4 is 21.6 Å². The largest absolute Gasteiger partial charge is 0.350 e. The third-order valence-electron chi connectivity index (χ3n) is 5.83. The summed E-state index contributed by atoms with van der Waals surface area (Å²) in [4.78, 5) is 15.5. The molecule has 0 bridgehead atoms. The van der Waals surface area contributed by atoms with E-state index in [9.17, 15) is 17.6 Å². The number of hydrogen-bond donors (Lipinski definition) is 1. The van der Waals surface area contributed by atoms with Crippen molar-refractivity contribution in [2.75, 3.05) is 23.7 Å². The van der Waals surface area contributed by atoms with Crippen LogP contribution in [-0.4, -0.2) is 44.6 Å². The zero-order valence-corrected chi connectivity index (χ0v) is 19.6. The number of nitrogens with zero attached hydrogens (tertiary/aromatic N) is 2. The van der Waals surface area contributed by atoms with E-state index in [1.165, 1.54) is 37.5 Å². The maximum absolute atomic E-state index is 14.4. The van der Waals surface area contributed by atoms with Crippen molar-refractivity contribution in [3.05, 3.63) is 65.5 Å². The first-order valence-corrected chi connectivity index (χ1v) is 13.0. The lowest BCUT2D eigenvalue weighted by Crippen LogP contribution is -2.49. The lowest BCUT2D eigenvalue weighted by molar-refractivity contribution is -0.122. The summed E-state index contributed by atoms with van der Waals surface area (Å²) < 4.78 is 40.3. The molecule has 0 spiro atoms. The second kappa shape index (κ2) is 10.9. The van der Waals surface area contributed by atoms with Crippen molar-refractivity contribution < 1.29 is 17.6 Å². The number of nitrogens with one attached hydrogen (secondary N) is 1. The molecule has 0 aromatic heterocycles. The first-order chi connectivity index (χ1) is 15.3. The van der Waals surface area contributed by atoms with Crippen LogP contribution in [0.5, 0.6) is 0 Å². The third kappa shape index (κ3) is 6.07. The van der Waals surface area contributed by atoms with Gasteiger partial charge < -0.3 is 5.32 Å². The van der Waals surface area contributed by atoms with Gasteiger partial charge in [0, 0.05) is 13.1 Å². The molecule has 6 nitrogen and oxygen atoms in total. The Balaban J connectivity index is 1.76. The Kier molecular flexibility index (Phi) is 8.26. The topological polar surface area (TPSA) is 69.7 Å². The standard InChI is InChI=1S/C24H32FN3O3S/c1-3-22(28(32(2,30)31)23-14-8-7-13-21(23)25)24(29)26-17-19-11-5-6-12-20(19)18-27-15-9-4-10-16-27/h5-8,11-14,22H,3-4,9-10,15-18H2,1-2H3,(H,26,29)/t22-/m1/s1. The molecule has 2 aromatic rings. The number of halogens is 1. The summed E-state index contributed by atoms with van der Waals surface area (Å²) in [5.74, 6) is -1.13. The van der Waals surface area contributed by atoms with E-state index in [0.717, 1.165) is 41.3 Å². The zero-order valence-electron chi connectivity index (χ0n) is 18.8. The zero-order chi connectivity index (χ0) is 23.1. The molecular formula is C24H32FN3O3S. The molecule has 3 rings (SSSR count). The number of piperidine rings is 1. The number of amides is 1. The van der Waals surface area contributed by atoms with Gasteiger partial charge in [0.15, 0.2) is 0 Å². The van der Waals surface area contributed by atoms with E-state index in [-0.39, 0.29) is 18.7 Å². The molecule has 174 valence electrons. The monoisotopic (exact) mass is 461 g/mol. The Bertz CT molecular complexity index is 1020. The van der Waals surface area contributed by atoms with Crippen molar-refractivity contribution in [2.45, 2.75) is 51.7 Å². The first-order valence-electron chi connectivity index (χ1n) is 11.1. The van der Waals surface area contributed by atoms with Gasteiger partial charge in [-0.1, -0.05) is 49.7 Å². The predicted octanol–water partition coefficient (Wildman–Crippen LogP) is 3.67. The number of carbonyl (C=O) groups excluding carboxylic acids is 1. The fourth-order valence-electron chi connectivity index (χ4n) is 4.21. The number of hydrogen-bond acceptors (Lipinski definition) is 4. The molecule has 1 aliphatic heterocycles. The molecular weight excluding hydrogens is 429 g/mol. The van der Waals surface area contributed by atoms with Crippen LogP contribution >= 0.6 is 0 Å². The summed E-state index contributed by atoms with van der Waals surface area (Å²) >= 11 is 0. The number of sulfonamides is 1. The molecule has 1 amide bonds. The van der Waals surface area contributed by atoms with Gasteiger partial charge in [-0.3, -0.25) is 14.0 Å². The SMILES string of the molecule is CC[C@H](C(=O)NCc1ccccc1CN1CCCCC1)N(c1ccccc1F)S(C)(=O)=O. The highest BCUT2D eigenvalue weighted by Crippen LogP contribution is 2.25. The van der Waals surface area contributed by atoms with Crippen LogP contribution in [0.3, 0.4) is 0 Å². The van der Waals surface area contributed by atoms with Gasteiger partial charge in [-0.15, -0.1) is 0 Å². The molecule has 1 atom stereocenters. The Morgan fingerprint density at radius 1 is 1.06 bits per heavy atom. The van der Waals surface area contributed by atoms with E-state index in [4.69, 9.17) is 0 Å². The Labute approximate surface area is 190 Å². The van der Waals surface area contributed by atoms with Crippen LogP contribution in [0.25, 0.3) is 0 Å². The van der Waals surface area contributed by atoms with Gasteiger partial charge in [-0.25, -0.2) is 12.8 Å². The number of carbonyl (C=O) groups is 1. The van der Waals surface area contributed by atoms with Gasteiger partial charge in [-0.05, 0) is 55.6 Å². The van der Waals surface area contributed by atoms with Crippen molar-refractivity contribution in [3.8, 4) is 0 Å². The van der Waals surface area contributed by atoms with Gasteiger partial charge in [0.2, 0.25) is 15.9 Å². The van der Waals surface area contributed by atoms with Crippen LogP contribution in [-0.2, 0) is 27.9 Å². The summed E-state index contributed by atoms with van der Waals surface area (Å²) in [6.07, 6.45) is 4.88. The van der Waals surface area contributed by atoms with Gasteiger partial charge in [0.05, 0.1) is 11.9 Å². The highest BCUT2D eigenvalue weighted by molar-refractivity contribution is 7.92. The lowest BCUT2D eigenvalue weighted by atomic mass is 10.0. The normalized spacial score (nSPS) is 15.8. The minimum absolute atomic E-state index is 0.123. The minimum Gasteiger partial charge on any atom is -0.350 e. The molecule has 1 aliphatic rings. The average molecular weight is 462 g/mol. The van der Waals surface area contributed by atoms with Crippen molar-refractivity contribution in [1.29, 1.82) is 0 Å². The van der Waals surface area contributed by atoms with E-state index in [1.54, 1.807) is 13.0 Å². The second-order valence-corrected chi connectivity index (χ2v) is 10.1. The number of rotatable bonds is 9. The molecule has 1 fully saturated rings. The second-order valence-electron chi connectivity index (χ2n) is 8.26. The average Bonchev–Trinajstić information content (AvgIpc) is 2.77. The molecule has 0 radical (unpaired) electrons. The van der Waals surface area contributed by atoms with Crippen LogP contribution in [0.1, 0.15) is 43.7 Å². The van der Waals surface area contributed by atoms with Crippen LogP contribution in [0.15, 0.2) is 48.5 Å². The third-order valence-corrected chi connectivity index (χ3v) is 7.00. The van der Waals surface area contributed by atoms with Gasteiger partial charge >= 0.3 is 0 Å². The number of anilines is 1. The van der Waals surface area contributed by atoms with E-state index < -0.39 is 27.8 Å². The first kappa shape index (κ1) is 24.2.